The van der Waals surface area contributed by atoms with E-state index in [1.54, 1.807) is 22.7 Å². The van der Waals surface area contributed by atoms with Crippen molar-refractivity contribution in [3.05, 3.63) is 164 Å². The van der Waals surface area contributed by atoms with Gasteiger partial charge in [-0.1, -0.05) is 115 Å². The van der Waals surface area contributed by atoms with Crippen molar-refractivity contribution in [2.75, 3.05) is 0 Å². The number of hydrogen-bond donors (Lipinski definition) is 0. The molecule has 0 atom stereocenters. The lowest BCUT2D eigenvalue weighted by Gasteiger charge is -2.10. The minimum Gasteiger partial charge on any atom is -0.456 e. The quantitative estimate of drug-likeness (QED) is 0.174. The van der Waals surface area contributed by atoms with Crippen LogP contribution in [0.4, 0.5) is 0 Å². The summed E-state index contributed by atoms with van der Waals surface area (Å²) in [7, 11) is 0. The van der Waals surface area contributed by atoms with Crippen molar-refractivity contribution < 1.29 is 4.42 Å². The zero-order valence-corrected chi connectivity index (χ0v) is 31.7. The molecule has 0 unspecified atom stereocenters. The van der Waals surface area contributed by atoms with Gasteiger partial charge in [-0.2, -0.15) is 0 Å². The minimum absolute atomic E-state index is 0.602. The summed E-state index contributed by atoms with van der Waals surface area (Å²) in [6.07, 6.45) is 0. The fourth-order valence-corrected chi connectivity index (χ4v) is 10.1. The summed E-state index contributed by atoms with van der Waals surface area (Å²) >= 11 is 3.52. The highest BCUT2D eigenvalue weighted by molar-refractivity contribution is 7.26. The second-order valence-corrected chi connectivity index (χ2v) is 16.1. The van der Waals surface area contributed by atoms with E-state index in [4.69, 9.17) is 29.3 Å². The summed E-state index contributed by atoms with van der Waals surface area (Å²) < 4.78 is 10.8. The number of rotatable bonds is 5. The van der Waals surface area contributed by atoms with Crippen LogP contribution in [-0.4, -0.2) is 24.9 Å². The Morgan fingerprint density at radius 2 is 0.982 bits per heavy atom. The van der Waals surface area contributed by atoms with E-state index >= 15 is 0 Å². The molecule has 57 heavy (non-hydrogen) atoms. The number of para-hydroxylation sites is 1. The molecule has 6 nitrogen and oxygen atoms in total. The average molecular weight is 766 g/mol. The van der Waals surface area contributed by atoms with Crippen LogP contribution in [0.25, 0.3) is 119 Å². The van der Waals surface area contributed by atoms with E-state index in [9.17, 15) is 0 Å². The Morgan fingerprint density at radius 3 is 1.81 bits per heavy atom. The molecule has 0 amide bonds. The zero-order chi connectivity index (χ0) is 37.5. The Hall–Kier alpha value is -7.13. The number of benzene rings is 7. The summed E-state index contributed by atoms with van der Waals surface area (Å²) in [4.78, 5) is 25.9. The average Bonchev–Trinajstić information content (AvgIpc) is 3.97. The van der Waals surface area contributed by atoms with Crippen LogP contribution in [-0.2, 0) is 0 Å². The first-order valence-corrected chi connectivity index (χ1v) is 20.3. The first-order chi connectivity index (χ1) is 28.2. The molecule has 266 valence electrons. The van der Waals surface area contributed by atoms with Crippen molar-refractivity contribution in [1.82, 2.24) is 24.9 Å². The molecule has 5 aromatic heterocycles. The molecular weight excluding hydrogens is 739 g/mol. The third-order valence-electron chi connectivity index (χ3n) is 10.6. The van der Waals surface area contributed by atoms with Crippen LogP contribution < -0.4 is 0 Å². The smallest absolute Gasteiger partial charge is 0.164 e. The molecule has 0 saturated carbocycles. The Morgan fingerprint density at radius 1 is 0.368 bits per heavy atom. The van der Waals surface area contributed by atoms with Crippen LogP contribution in [0.15, 0.2) is 168 Å². The van der Waals surface area contributed by atoms with Crippen LogP contribution in [0.5, 0.6) is 0 Å². The van der Waals surface area contributed by atoms with E-state index in [0.29, 0.717) is 23.3 Å². The molecule has 8 heteroatoms. The van der Waals surface area contributed by atoms with Gasteiger partial charge < -0.3 is 4.42 Å². The van der Waals surface area contributed by atoms with Crippen LogP contribution in [0, 0.1) is 0 Å². The van der Waals surface area contributed by atoms with Gasteiger partial charge in [-0.15, -0.1) is 22.7 Å². The van der Waals surface area contributed by atoms with Gasteiger partial charge in [0.1, 0.15) is 11.2 Å². The van der Waals surface area contributed by atoms with Crippen molar-refractivity contribution in [2.24, 2.45) is 0 Å². The van der Waals surface area contributed by atoms with E-state index in [2.05, 4.69) is 84.9 Å². The molecule has 0 N–H and O–H groups in total. The molecule has 0 fully saturated rings. The van der Waals surface area contributed by atoms with E-state index in [0.717, 1.165) is 86.5 Å². The van der Waals surface area contributed by atoms with E-state index in [1.807, 2.05) is 78.9 Å². The lowest BCUT2D eigenvalue weighted by atomic mass is 10.0. The second kappa shape index (κ2) is 12.7. The maximum Gasteiger partial charge on any atom is 0.164 e. The first kappa shape index (κ1) is 32.1. The van der Waals surface area contributed by atoms with Gasteiger partial charge in [-0.25, -0.2) is 24.9 Å². The summed E-state index contributed by atoms with van der Waals surface area (Å²) in [5.41, 5.74) is 8.37. The third-order valence-corrected chi connectivity index (χ3v) is 12.9. The summed E-state index contributed by atoms with van der Waals surface area (Å²) in [5.74, 6) is 2.55. The topological polar surface area (TPSA) is 77.6 Å². The van der Waals surface area contributed by atoms with Crippen molar-refractivity contribution in [1.29, 1.82) is 0 Å². The zero-order valence-electron chi connectivity index (χ0n) is 30.0. The van der Waals surface area contributed by atoms with E-state index in [1.165, 1.54) is 9.40 Å². The van der Waals surface area contributed by atoms with Gasteiger partial charge in [-0.3, -0.25) is 0 Å². The number of aromatic nitrogens is 5. The van der Waals surface area contributed by atoms with Crippen LogP contribution in [0.1, 0.15) is 0 Å². The maximum absolute atomic E-state index is 6.16. The van der Waals surface area contributed by atoms with Crippen molar-refractivity contribution in [3.63, 3.8) is 0 Å². The maximum atomic E-state index is 6.16. The molecule has 7 aromatic carbocycles. The standard InChI is InChI=1S/C49H27N5OS2/c1-3-12-28(13-4-1)46-50-43(45-44(51-46)33-17-8-10-20-39(33)57-45)30-23-25-40-36(26-30)42-34(18-11-21-41(42)56-40)49-53-47(29-14-5-2-6-15-29)52-48(54-49)31-22-24-38-35(27-31)32-16-7-9-19-37(32)55-38/h1-27H. The summed E-state index contributed by atoms with van der Waals surface area (Å²) in [5, 5.41) is 5.47. The normalized spacial score (nSPS) is 11.9. The van der Waals surface area contributed by atoms with Gasteiger partial charge in [0.15, 0.2) is 23.3 Å². The van der Waals surface area contributed by atoms with Crippen molar-refractivity contribution in [3.8, 4) is 56.8 Å². The van der Waals surface area contributed by atoms with Crippen molar-refractivity contribution in [2.45, 2.75) is 0 Å². The van der Waals surface area contributed by atoms with Crippen LogP contribution in [0.3, 0.4) is 0 Å². The molecule has 5 heterocycles. The molecular formula is C49H27N5OS2. The molecule has 0 aliphatic rings. The van der Waals surface area contributed by atoms with Gasteiger partial charge >= 0.3 is 0 Å². The fourth-order valence-electron chi connectivity index (χ4n) is 7.87. The number of fused-ring (bicyclic) bond motifs is 9. The van der Waals surface area contributed by atoms with Gasteiger partial charge in [-0.05, 0) is 48.5 Å². The molecule has 12 rings (SSSR count). The molecule has 0 aliphatic heterocycles. The Kier molecular flexibility index (Phi) is 7.17. The van der Waals surface area contributed by atoms with E-state index in [-0.39, 0.29) is 0 Å². The fraction of sp³-hybridized carbons (Fsp3) is 0. The summed E-state index contributed by atoms with van der Waals surface area (Å²) in [6.45, 7) is 0. The Bertz CT molecular complexity index is 3540. The number of hydrogen-bond acceptors (Lipinski definition) is 8. The molecule has 0 aliphatic carbocycles. The highest BCUT2D eigenvalue weighted by atomic mass is 32.1. The second-order valence-electron chi connectivity index (χ2n) is 14.0. The summed E-state index contributed by atoms with van der Waals surface area (Å²) in [6, 6.07) is 56.3. The molecule has 12 aromatic rings. The first-order valence-electron chi connectivity index (χ1n) is 18.7. The van der Waals surface area contributed by atoms with Gasteiger partial charge in [0, 0.05) is 68.8 Å². The minimum atomic E-state index is 0.602. The highest BCUT2D eigenvalue weighted by Crippen LogP contribution is 2.44. The largest absolute Gasteiger partial charge is 0.456 e. The Balaban J connectivity index is 1.08. The predicted molar refractivity (Wildman–Crippen MR) is 236 cm³/mol. The van der Waals surface area contributed by atoms with Gasteiger partial charge in [0.25, 0.3) is 0 Å². The molecule has 0 saturated heterocycles. The molecule has 0 bridgehead atoms. The molecule has 0 radical (unpaired) electrons. The number of nitrogens with zero attached hydrogens (tertiary/aromatic N) is 5. The van der Waals surface area contributed by atoms with Crippen LogP contribution in [0.2, 0.25) is 0 Å². The lowest BCUT2D eigenvalue weighted by Crippen LogP contribution is -2.00. The van der Waals surface area contributed by atoms with Crippen LogP contribution >= 0.6 is 22.7 Å². The SMILES string of the molecule is c1ccc(-c2nc(-c3ccc4oc5ccccc5c4c3)nc(-c3cccc4sc5ccc(-c6nc(-c7ccccc7)nc7c6sc6ccccc67)cc5c34)n2)cc1. The molecule has 0 spiro atoms. The highest BCUT2D eigenvalue weighted by Gasteiger charge is 2.21. The monoisotopic (exact) mass is 765 g/mol. The third kappa shape index (κ3) is 5.26. The number of thiophene rings is 2. The number of furan rings is 1. The predicted octanol–water partition coefficient (Wildman–Crippen LogP) is 13.6. The lowest BCUT2D eigenvalue weighted by molar-refractivity contribution is 0.669. The van der Waals surface area contributed by atoms with Gasteiger partial charge in [0.2, 0.25) is 0 Å². The van der Waals surface area contributed by atoms with Gasteiger partial charge in [0.05, 0.1) is 15.9 Å². The van der Waals surface area contributed by atoms with Crippen molar-refractivity contribution >= 4 is 85.1 Å². The van der Waals surface area contributed by atoms with E-state index < -0.39 is 0 Å². The Labute approximate surface area is 333 Å².